The SMILES string of the molecule is Cc1cc(C(C)(O)c2ccc(F)cc2)cc(C)c1N. The van der Waals surface area contributed by atoms with Gasteiger partial charge in [0.25, 0.3) is 0 Å². The molecular formula is C16H18FNO. The van der Waals surface area contributed by atoms with Gasteiger partial charge in [-0.05, 0) is 55.2 Å². The first-order valence-electron chi connectivity index (χ1n) is 6.18. The second-order valence-corrected chi connectivity index (χ2v) is 5.10. The Morgan fingerprint density at radius 3 is 1.95 bits per heavy atom. The summed E-state index contributed by atoms with van der Waals surface area (Å²) in [7, 11) is 0. The summed E-state index contributed by atoms with van der Waals surface area (Å²) >= 11 is 0. The van der Waals surface area contributed by atoms with Crippen LogP contribution < -0.4 is 5.73 Å². The molecule has 100 valence electrons. The van der Waals surface area contributed by atoms with Gasteiger partial charge in [-0.25, -0.2) is 4.39 Å². The van der Waals surface area contributed by atoms with E-state index in [4.69, 9.17) is 5.73 Å². The fourth-order valence-corrected chi connectivity index (χ4v) is 2.20. The van der Waals surface area contributed by atoms with Crippen LogP contribution in [-0.2, 0) is 5.60 Å². The van der Waals surface area contributed by atoms with E-state index in [0.29, 0.717) is 5.56 Å². The third-order valence-electron chi connectivity index (χ3n) is 3.56. The van der Waals surface area contributed by atoms with Crippen molar-refractivity contribution in [1.29, 1.82) is 0 Å². The van der Waals surface area contributed by atoms with Gasteiger partial charge in [0, 0.05) is 5.69 Å². The van der Waals surface area contributed by atoms with Gasteiger partial charge in [-0.2, -0.15) is 0 Å². The molecule has 2 aromatic rings. The maximum Gasteiger partial charge on any atom is 0.123 e. The molecule has 1 unspecified atom stereocenters. The number of rotatable bonds is 2. The smallest absolute Gasteiger partial charge is 0.123 e. The summed E-state index contributed by atoms with van der Waals surface area (Å²) in [5.41, 5.74) is 8.75. The van der Waals surface area contributed by atoms with Gasteiger partial charge in [-0.15, -0.1) is 0 Å². The van der Waals surface area contributed by atoms with Crippen LogP contribution in [0.4, 0.5) is 10.1 Å². The molecule has 3 heteroatoms. The van der Waals surface area contributed by atoms with Gasteiger partial charge in [0.05, 0.1) is 0 Å². The number of halogens is 1. The fourth-order valence-electron chi connectivity index (χ4n) is 2.20. The first-order valence-corrected chi connectivity index (χ1v) is 6.18. The Kier molecular flexibility index (Phi) is 3.33. The van der Waals surface area contributed by atoms with Crippen molar-refractivity contribution in [3.8, 4) is 0 Å². The number of hydrogen-bond donors (Lipinski definition) is 2. The highest BCUT2D eigenvalue weighted by atomic mass is 19.1. The Bertz CT molecular complexity index is 580. The number of nitrogens with two attached hydrogens (primary N) is 1. The third kappa shape index (κ3) is 2.47. The molecule has 0 heterocycles. The molecule has 0 aromatic heterocycles. The predicted octanol–water partition coefficient (Wildman–Crippen LogP) is 3.28. The van der Waals surface area contributed by atoms with Crippen LogP contribution >= 0.6 is 0 Å². The molecule has 0 saturated heterocycles. The Balaban J connectivity index is 2.52. The van der Waals surface area contributed by atoms with E-state index in [1.165, 1.54) is 12.1 Å². The first kappa shape index (κ1) is 13.6. The topological polar surface area (TPSA) is 46.2 Å². The first-order chi connectivity index (χ1) is 8.82. The van der Waals surface area contributed by atoms with Crippen LogP contribution in [0.1, 0.15) is 29.2 Å². The van der Waals surface area contributed by atoms with Gasteiger partial charge in [0.2, 0.25) is 0 Å². The Hall–Kier alpha value is -1.87. The molecule has 2 nitrogen and oxygen atoms in total. The molecular weight excluding hydrogens is 241 g/mol. The largest absolute Gasteiger partial charge is 0.398 e. The Morgan fingerprint density at radius 2 is 1.47 bits per heavy atom. The van der Waals surface area contributed by atoms with E-state index in [9.17, 15) is 9.50 Å². The van der Waals surface area contributed by atoms with E-state index in [2.05, 4.69) is 0 Å². The molecule has 0 aliphatic rings. The lowest BCUT2D eigenvalue weighted by Crippen LogP contribution is -2.23. The highest BCUT2D eigenvalue weighted by molar-refractivity contribution is 5.56. The second kappa shape index (κ2) is 4.67. The zero-order valence-electron chi connectivity index (χ0n) is 11.4. The number of anilines is 1. The van der Waals surface area contributed by atoms with Gasteiger partial charge in [0.1, 0.15) is 11.4 Å². The minimum atomic E-state index is -1.17. The molecule has 3 N–H and O–H groups in total. The van der Waals surface area contributed by atoms with E-state index in [-0.39, 0.29) is 5.82 Å². The van der Waals surface area contributed by atoms with Crippen molar-refractivity contribution < 1.29 is 9.50 Å². The predicted molar refractivity (Wildman–Crippen MR) is 75.4 cm³/mol. The maximum atomic E-state index is 13.0. The summed E-state index contributed by atoms with van der Waals surface area (Å²) in [6.07, 6.45) is 0. The van der Waals surface area contributed by atoms with Crippen LogP contribution in [0.3, 0.4) is 0 Å². The van der Waals surface area contributed by atoms with Crippen molar-refractivity contribution in [3.63, 3.8) is 0 Å². The zero-order chi connectivity index (χ0) is 14.2. The van der Waals surface area contributed by atoms with Gasteiger partial charge in [0.15, 0.2) is 0 Å². The molecule has 0 spiro atoms. The summed E-state index contributed by atoms with van der Waals surface area (Å²) in [5.74, 6) is -0.316. The van der Waals surface area contributed by atoms with Crippen molar-refractivity contribution in [2.24, 2.45) is 0 Å². The van der Waals surface area contributed by atoms with Crippen LogP contribution in [-0.4, -0.2) is 5.11 Å². The molecule has 2 aromatic carbocycles. The average molecular weight is 259 g/mol. The van der Waals surface area contributed by atoms with Crippen molar-refractivity contribution in [1.82, 2.24) is 0 Å². The van der Waals surface area contributed by atoms with Crippen LogP contribution in [0, 0.1) is 19.7 Å². The molecule has 0 radical (unpaired) electrons. The van der Waals surface area contributed by atoms with Gasteiger partial charge >= 0.3 is 0 Å². The lowest BCUT2D eigenvalue weighted by atomic mass is 9.86. The molecule has 19 heavy (non-hydrogen) atoms. The standard InChI is InChI=1S/C16H18FNO/c1-10-8-13(9-11(2)15(10)18)16(3,19)12-4-6-14(17)7-5-12/h4-9,19H,18H2,1-3H3. The summed E-state index contributed by atoms with van der Waals surface area (Å²) in [4.78, 5) is 0. The second-order valence-electron chi connectivity index (χ2n) is 5.10. The summed E-state index contributed by atoms with van der Waals surface area (Å²) in [6.45, 7) is 5.52. The summed E-state index contributed by atoms with van der Waals surface area (Å²) in [6, 6.07) is 9.62. The monoisotopic (exact) mass is 259 g/mol. The van der Waals surface area contributed by atoms with Crippen LogP contribution in [0.15, 0.2) is 36.4 Å². The zero-order valence-corrected chi connectivity index (χ0v) is 11.4. The van der Waals surface area contributed by atoms with Gasteiger partial charge < -0.3 is 10.8 Å². The van der Waals surface area contributed by atoms with Crippen LogP contribution in [0.25, 0.3) is 0 Å². The normalized spacial score (nSPS) is 14.2. The fraction of sp³-hybridized carbons (Fsp3) is 0.250. The lowest BCUT2D eigenvalue weighted by molar-refractivity contribution is 0.102. The van der Waals surface area contributed by atoms with Gasteiger partial charge in [-0.1, -0.05) is 24.3 Å². The van der Waals surface area contributed by atoms with Crippen LogP contribution in [0.5, 0.6) is 0 Å². The van der Waals surface area contributed by atoms with E-state index < -0.39 is 5.60 Å². The van der Waals surface area contributed by atoms with E-state index in [1.807, 2.05) is 26.0 Å². The average Bonchev–Trinajstić information content (AvgIpc) is 2.35. The van der Waals surface area contributed by atoms with E-state index >= 15 is 0 Å². The molecule has 1 atom stereocenters. The van der Waals surface area contributed by atoms with Crippen LogP contribution in [0.2, 0.25) is 0 Å². The number of nitrogen functional groups attached to an aromatic ring is 1. The molecule has 0 aliphatic heterocycles. The highest BCUT2D eigenvalue weighted by Crippen LogP contribution is 2.32. The van der Waals surface area contributed by atoms with Crippen molar-refractivity contribution >= 4 is 5.69 Å². The third-order valence-corrected chi connectivity index (χ3v) is 3.56. The molecule has 0 fully saturated rings. The van der Waals surface area contributed by atoms with Gasteiger partial charge in [-0.3, -0.25) is 0 Å². The van der Waals surface area contributed by atoms with E-state index in [0.717, 1.165) is 22.4 Å². The molecule has 2 rings (SSSR count). The molecule has 0 bridgehead atoms. The number of aliphatic hydroxyl groups is 1. The maximum absolute atomic E-state index is 13.0. The minimum absolute atomic E-state index is 0.316. The summed E-state index contributed by atoms with van der Waals surface area (Å²) < 4.78 is 13.0. The Morgan fingerprint density at radius 1 is 1.00 bits per heavy atom. The highest BCUT2D eigenvalue weighted by Gasteiger charge is 2.26. The van der Waals surface area contributed by atoms with E-state index in [1.54, 1.807) is 19.1 Å². The van der Waals surface area contributed by atoms with Crippen molar-refractivity contribution in [3.05, 3.63) is 64.5 Å². The number of hydrogen-bond acceptors (Lipinski definition) is 2. The minimum Gasteiger partial charge on any atom is -0.398 e. The quantitative estimate of drug-likeness (QED) is 0.813. The lowest BCUT2D eigenvalue weighted by Gasteiger charge is -2.26. The molecule has 0 aliphatic carbocycles. The van der Waals surface area contributed by atoms with Crippen molar-refractivity contribution in [2.45, 2.75) is 26.4 Å². The van der Waals surface area contributed by atoms with Crippen molar-refractivity contribution in [2.75, 3.05) is 5.73 Å². The number of aryl methyl sites for hydroxylation is 2. The summed E-state index contributed by atoms with van der Waals surface area (Å²) in [5, 5.41) is 10.7. The molecule has 0 saturated carbocycles. The Labute approximate surface area is 112 Å². The molecule has 0 amide bonds. The number of benzene rings is 2.